The molecule has 1 saturated carbocycles. The number of alkyl halides is 2. The highest BCUT2D eigenvalue weighted by Crippen LogP contribution is 2.41. The second-order valence-electron chi connectivity index (χ2n) is 10.6. The Labute approximate surface area is 244 Å². The zero-order chi connectivity index (χ0) is 29.4. The zero-order valence-electron chi connectivity index (χ0n) is 22.5. The minimum absolute atomic E-state index is 0.0396. The van der Waals surface area contributed by atoms with Crippen LogP contribution in [0.3, 0.4) is 0 Å². The molecule has 8 nitrogen and oxygen atoms in total. The Hall–Kier alpha value is -3.83. The van der Waals surface area contributed by atoms with Gasteiger partial charge in [0.25, 0.3) is 0 Å². The fraction of sp³-hybridized carbons (Fsp3) is 0.367. The third kappa shape index (κ3) is 6.17. The van der Waals surface area contributed by atoms with Crippen LogP contribution in [0.15, 0.2) is 48.5 Å². The molecule has 0 amide bonds. The topological polar surface area (TPSA) is 89.7 Å². The maximum Gasteiger partial charge on any atom is 0.387 e. The van der Waals surface area contributed by atoms with Crippen LogP contribution in [0.4, 0.5) is 13.2 Å². The lowest BCUT2D eigenvalue weighted by Gasteiger charge is -2.31. The third-order valence-corrected chi connectivity index (χ3v) is 7.95. The number of carbonyl (C=O) groups is 1. The van der Waals surface area contributed by atoms with Crippen LogP contribution >= 0.6 is 11.6 Å². The molecule has 1 N–H and O–H groups in total. The number of fused-ring (bicyclic) bond motifs is 1. The largest absolute Gasteiger partial charge is 0.478 e. The number of piperidine rings is 1. The summed E-state index contributed by atoms with van der Waals surface area (Å²) in [5.74, 6) is -0.542. The Bertz CT molecular complexity index is 1620. The number of carboxylic acids is 1. The number of hydrogen-bond acceptors (Lipinski definition) is 6. The molecule has 0 atom stereocenters. The van der Waals surface area contributed by atoms with Crippen LogP contribution in [0.25, 0.3) is 11.0 Å². The smallest absolute Gasteiger partial charge is 0.387 e. The second-order valence-corrected chi connectivity index (χ2v) is 11.1. The fourth-order valence-corrected chi connectivity index (χ4v) is 5.65. The minimum Gasteiger partial charge on any atom is -0.478 e. The number of likely N-dealkylation sites (tertiary alicyclic amines) is 1. The first-order chi connectivity index (χ1) is 20.2. The number of benzene rings is 2. The Morgan fingerprint density at radius 3 is 2.55 bits per heavy atom. The van der Waals surface area contributed by atoms with Crippen molar-refractivity contribution in [2.45, 2.75) is 57.4 Å². The van der Waals surface area contributed by atoms with E-state index >= 15 is 0 Å². The van der Waals surface area contributed by atoms with Gasteiger partial charge in [-0.25, -0.2) is 19.2 Å². The third-order valence-electron chi connectivity index (χ3n) is 7.71. The summed E-state index contributed by atoms with van der Waals surface area (Å²) in [6.07, 6.45) is 3.51. The van der Waals surface area contributed by atoms with Gasteiger partial charge in [-0.2, -0.15) is 8.78 Å². The molecule has 42 heavy (non-hydrogen) atoms. The summed E-state index contributed by atoms with van der Waals surface area (Å²) in [6.45, 7) is -1.03. The molecule has 6 rings (SSSR count). The van der Waals surface area contributed by atoms with Crippen LogP contribution in [-0.2, 0) is 13.2 Å². The van der Waals surface area contributed by atoms with Gasteiger partial charge in [0.15, 0.2) is 5.75 Å². The van der Waals surface area contributed by atoms with E-state index in [4.69, 9.17) is 16.3 Å². The SMILES string of the molecule is O=C(O)c1cc(OC(F)F)c2nc(CN3CCC(c4cccc(OCc5ccc(Cl)cc5F)n4)CC3)n(C3CC3)c2c1. The van der Waals surface area contributed by atoms with E-state index in [1.54, 1.807) is 18.2 Å². The summed E-state index contributed by atoms with van der Waals surface area (Å²) in [5, 5.41) is 9.86. The van der Waals surface area contributed by atoms with Crippen LogP contribution < -0.4 is 9.47 Å². The average Bonchev–Trinajstić information content (AvgIpc) is 3.73. The molecule has 1 aliphatic carbocycles. The number of hydrogen-bond donors (Lipinski definition) is 1. The van der Waals surface area contributed by atoms with Gasteiger partial charge in [0, 0.05) is 34.3 Å². The van der Waals surface area contributed by atoms with Crippen molar-refractivity contribution >= 4 is 28.6 Å². The zero-order valence-corrected chi connectivity index (χ0v) is 23.2. The van der Waals surface area contributed by atoms with Crippen molar-refractivity contribution in [2.24, 2.45) is 0 Å². The highest BCUT2D eigenvalue weighted by atomic mass is 35.5. The van der Waals surface area contributed by atoms with Crippen molar-refractivity contribution in [3.05, 3.63) is 82.0 Å². The molecule has 12 heteroatoms. The van der Waals surface area contributed by atoms with Gasteiger partial charge in [0.1, 0.15) is 23.8 Å². The standard InChI is InChI=1S/C30H28ClF3N4O4/c31-20-5-4-18(22(32)14-20)16-41-27-3-1-2-23(35-27)17-8-10-37(11-9-17)15-26-36-28-24(38(26)21-6-7-21)12-19(29(39)40)13-25(28)42-30(33)34/h1-5,12-14,17,21,30H,6-11,15-16H2,(H,39,40). The summed E-state index contributed by atoms with van der Waals surface area (Å²) in [4.78, 5) is 23.3. The quantitative estimate of drug-likeness (QED) is 0.214. The lowest BCUT2D eigenvalue weighted by molar-refractivity contribution is -0.0489. The number of aromatic carboxylic acids is 1. The van der Waals surface area contributed by atoms with Crippen LogP contribution in [0.5, 0.6) is 11.6 Å². The molecular formula is C30H28ClF3N4O4. The summed E-state index contributed by atoms with van der Waals surface area (Å²) in [7, 11) is 0. The molecular weight excluding hydrogens is 573 g/mol. The number of halogens is 4. The Kier molecular flexibility index (Phi) is 7.96. The molecule has 1 aliphatic heterocycles. The number of imidazole rings is 1. The Balaban J connectivity index is 1.14. The molecule has 3 heterocycles. The van der Waals surface area contributed by atoms with Gasteiger partial charge in [-0.1, -0.05) is 23.7 Å². The van der Waals surface area contributed by atoms with Crippen LogP contribution in [0.2, 0.25) is 5.02 Å². The maximum atomic E-state index is 14.1. The van der Waals surface area contributed by atoms with Crippen molar-refractivity contribution in [1.82, 2.24) is 19.4 Å². The minimum atomic E-state index is -3.10. The molecule has 2 fully saturated rings. The number of ether oxygens (including phenoxy) is 2. The maximum absolute atomic E-state index is 14.1. The molecule has 4 aromatic rings. The van der Waals surface area contributed by atoms with Gasteiger partial charge in [-0.3, -0.25) is 4.90 Å². The van der Waals surface area contributed by atoms with E-state index in [0.717, 1.165) is 50.5 Å². The van der Waals surface area contributed by atoms with Crippen LogP contribution in [0, 0.1) is 5.82 Å². The van der Waals surface area contributed by atoms with E-state index in [1.807, 2.05) is 16.7 Å². The molecule has 2 aromatic heterocycles. The normalized spacial score (nSPS) is 16.3. The summed E-state index contributed by atoms with van der Waals surface area (Å²) in [6, 6.07) is 12.8. The van der Waals surface area contributed by atoms with Crippen LogP contribution in [0.1, 0.15) is 65.1 Å². The average molecular weight is 601 g/mol. The van der Waals surface area contributed by atoms with E-state index in [0.29, 0.717) is 34.4 Å². The lowest BCUT2D eigenvalue weighted by Crippen LogP contribution is -2.33. The summed E-state index contributed by atoms with van der Waals surface area (Å²) in [5.41, 5.74) is 1.92. The predicted octanol–water partition coefficient (Wildman–Crippen LogP) is 6.82. The number of rotatable bonds is 10. The monoisotopic (exact) mass is 600 g/mol. The van der Waals surface area contributed by atoms with Gasteiger partial charge in [-0.05, 0) is 69.1 Å². The Morgan fingerprint density at radius 2 is 1.86 bits per heavy atom. The molecule has 0 radical (unpaired) electrons. The van der Waals surface area contributed by atoms with Gasteiger partial charge < -0.3 is 19.1 Å². The molecule has 0 bridgehead atoms. The highest BCUT2D eigenvalue weighted by Gasteiger charge is 2.32. The molecule has 1 saturated heterocycles. The second kappa shape index (κ2) is 11.8. The Morgan fingerprint density at radius 1 is 1.07 bits per heavy atom. The van der Waals surface area contributed by atoms with Gasteiger partial charge in [-0.15, -0.1) is 0 Å². The van der Waals surface area contributed by atoms with Crippen molar-refractivity contribution in [1.29, 1.82) is 0 Å². The van der Waals surface area contributed by atoms with Crippen molar-refractivity contribution in [3.63, 3.8) is 0 Å². The number of carboxylic acid groups (broad SMARTS) is 1. The van der Waals surface area contributed by atoms with E-state index < -0.39 is 18.4 Å². The molecule has 2 aromatic carbocycles. The van der Waals surface area contributed by atoms with E-state index in [9.17, 15) is 23.1 Å². The van der Waals surface area contributed by atoms with Crippen LogP contribution in [-0.4, -0.2) is 50.2 Å². The van der Waals surface area contributed by atoms with Crippen molar-refractivity contribution < 1.29 is 32.5 Å². The summed E-state index contributed by atoms with van der Waals surface area (Å²) >= 11 is 5.83. The fourth-order valence-electron chi connectivity index (χ4n) is 5.49. The first-order valence-corrected chi connectivity index (χ1v) is 14.1. The molecule has 0 unspecified atom stereocenters. The number of pyridine rings is 1. The molecule has 0 spiro atoms. The molecule has 220 valence electrons. The van der Waals surface area contributed by atoms with E-state index in [2.05, 4.69) is 19.6 Å². The van der Waals surface area contributed by atoms with Gasteiger partial charge in [0.05, 0.1) is 17.6 Å². The van der Waals surface area contributed by atoms with E-state index in [-0.39, 0.29) is 35.4 Å². The van der Waals surface area contributed by atoms with Crippen molar-refractivity contribution in [3.8, 4) is 11.6 Å². The molecule has 2 aliphatic rings. The first-order valence-electron chi connectivity index (χ1n) is 13.7. The number of nitrogens with zero attached hydrogens (tertiary/aromatic N) is 4. The number of aromatic nitrogens is 3. The lowest BCUT2D eigenvalue weighted by atomic mass is 9.93. The van der Waals surface area contributed by atoms with E-state index in [1.165, 1.54) is 12.1 Å². The first kappa shape index (κ1) is 28.3. The summed E-state index contributed by atoms with van der Waals surface area (Å²) < 4.78 is 52.8. The van der Waals surface area contributed by atoms with Gasteiger partial charge in [0.2, 0.25) is 5.88 Å². The predicted molar refractivity (Wildman–Crippen MR) is 149 cm³/mol. The highest BCUT2D eigenvalue weighted by molar-refractivity contribution is 6.30. The van der Waals surface area contributed by atoms with Gasteiger partial charge >= 0.3 is 12.6 Å². The van der Waals surface area contributed by atoms with Crippen molar-refractivity contribution in [2.75, 3.05) is 13.1 Å².